The van der Waals surface area contributed by atoms with Gasteiger partial charge in [0.25, 0.3) is 0 Å². The molecule has 3 aromatic carbocycles. The maximum atomic E-state index is 13.5. The van der Waals surface area contributed by atoms with Crippen molar-refractivity contribution in [2.24, 2.45) is 0 Å². The highest BCUT2D eigenvalue weighted by Crippen LogP contribution is 2.50. The summed E-state index contributed by atoms with van der Waals surface area (Å²) in [6, 6.07) is 15.0. The number of aliphatic hydroxyl groups excluding tert-OH is 1. The topological polar surface area (TPSA) is 81.0 Å². The molecule has 0 saturated carbocycles. The summed E-state index contributed by atoms with van der Waals surface area (Å²) >= 11 is 0. The van der Waals surface area contributed by atoms with Gasteiger partial charge in [-0.3, -0.25) is 0 Å². The van der Waals surface area contributed by atoms with Crippen LogP contribution in [0, 0.1) is 5.82 Å². The number of aromatic hydroxyl groups is 1. The standard InChI is InChI=1S/C32H36FNO4/c1-31(2)14-15-32(3,4)29-25(31)17-22(18-26(29)34(5)19-21-6-10-23(33)11-7-21)27(35)13-9-20-8-12-24(30(37)38)28(36)16-20/h6-13,16-18,27,35-36H,14-15,19H2,1-5H3,(H,37,38)/b13-9+. The minimum Gasteiger partial charge on any atom is -0.507 e. The van der Waals surface area contributed by atoms with E-state index in [0.29, 0.717) is 12.1 Å². The lowest BCUT2D eigenvalue weighted by molar-refractivity contribution is 0.0693. The van der Waals surface area contributed by atoms with Crippen molar-refractivity contribution in [2.75, 3.05) is 11.9 Å². The molecular weight excluding hydrogens is 481 g/mol. The number of halogens is 1. The fourth-order valence-corrected chi connectivity index (χ4v) is 5.35. The normalized spacial score (nSPS) is 16.7. The molecule has 0 fully saturated rings. The van der Waals surface area contributed by atoms with Crippen LogP contribution in [0.1, 0.15) is 84.8 Å². The number of carboxylic acid groups (broad SMARTS) is 1. The molecule has 38 heavy (non-hydrogen) atoms. The minimum absolute atomic E-state index is 0.0556. The summed E-state index contributed by atoms with van der Waals surface area (Å²) in [6.07, 6.45) is 4.47. The van der Waals surface area contributed by atoms with Gasteiger partial charge in [0.05, 0.1) is 6.10 Å². The molecule has 3 aromatic rings. The number of nitrogens with zero attached hydrogens (tertiary/aromatic N) is 1. The number of hydrogen-bond acceptors (Lipinski definition) is 4. The number of phenols is 1. The highest BCUT2D eigenvalue weighted by atomic mass is 19.1. The summed E-state index contributed by atoms with van der Waals surface area (Å²) in [6.45, 7) is 9.60. The Labute approximate surface area is 223 Å². The van der Waals surface area contributed by atoms with Crippen molar-refractivity contribution < 1.29 is 24.5 Å². The van der Waals surface area contributed by atoms with Crippen LogP contribution in [-0.4, -0.2) is 28.3 Å². The lowest BCUT2D eigenvalue weighted by atomic mass is 9.62. The van der Waals surface area contributed by atoms with E-state index >= 15 is 0 Å². The zero-order valence-corrected chi connectivity index (χ0v) is 22.6. The van der Waals surface area contributed by atoms with Crippen molar-refractivity contribution in [1.29, 1.82) is 0 Å². The Balaban J connectivity index is 1.74. The molecular formula is C32H36FNO4. The summed E-state index contributed by atoms with van der Waals surface area (Å²) in [5.41, 5.74) is 5.54. The van der Waals surface area contributed by atoms with Crippen LogP contribution in [0.2, 0.25) is 0 Å². The quantitative estimate of drug-likeness (QED) is 0.316. The third-order valence-electron chi connectivity index (χ3n) is 7.73. The number of benzene rings is 3. The summed E-state index contributed by atoms with van der Waals surface area (Å²) in [7, 11) is 2.02. The molecule has 1 aliphatic carbocycles. The maximum absolute atomic E-state index is 13.5. The van der Waals surface area contributed by atoms with Crippen LogP contribution in [-0.2, 0) is 17.4 Å². The molecule has 1 atom stereocenters. The number of carbonyl (C=O) groups is 1. The van der Waals surface area contributed by atoms with Gasteiger partial charge >= 0.3 is 5.97 Å². The van der Waals surface area contributed by atoms with Gasteiger partial charge in [0, 0.05) is 19.3 Å². The van der Waals surface area contributed by atoms with Gasteiger partial charge in [0.15, 0.2) is 0 Å². The van der Waals surface area contributed by atoms with Gasteiger partial charge in [-0.15, -0.1) is 0 Å². The summed E-state index contributed by atoms with van der Waals surface area (Å²) in [4.78, 5) is 13.3. The van der Waals surface area contributed by atoms with Crippen LogP contribution in [0.15, 0.2) is 60.7 Å². The first-order valence-electron chi connectivity index (χ1n) is 12.9. The number of aliphatic hydroxyl groups is 1. The van der Waals surface area contributed by atoms with Crippen LogP contribution in [0.25, 0.3) is 6.08 Å². The van der Waals surface area contributed by atoms with Crippen molar-refractivity contribution in [3.8, 4) is 5.75 Å². The molecule has 0 amide bonds. The van der Waals surface area contributed by atoms with E-state index in [1.54, 1.807) is 30.4 Å². The van der Waals surface area contributed by atoms with Crippen molar-refractivity contribution in [3.63, 3.8) is 0 Å². The Hall–Kier alpha value is -3.64. The van der Waals surface area contributed by atoms with Crippen molar-refractivity contribution in [2.45, 2.75) is 64.0 Å². The Morgan fingerprint density at radius 1 is 1.03 bits per heavy atom. The zero-order valence-electron chi connectivity index (χ0n) is 22.6. The second kappa shape index (κ2) is 10.3. The summed E-state index contributed by atoms with van der Waals surface area (Å²) < 4.78 is 13.5. The summed E-state index contributed by atoms with van der Waals surface area (Å²) in [5.74, 6) is -1.79. The third kappa shape index (κ3) is 5.60. The molecule has 0 aromatic heterocycles. The van der Waals surface area contributed by atoms with Crippen LogP contribution in [0.5, 0.6) is 5.75 Å². The zero-order chi connectivity index (χ0) is 27.8. The predicted octanol–water partition coefficient (Wildman–Crippen LogP) is 6.96. The van der Waals surface area contributed by atoms with Crippen LogP contribution in [0.4, 0.5) is 10.1 Å². The van der Waals surface area contributed by atoms with E-state index in [4.69, 9.17) is 5.11 Å². The average molecular weight is 518 g/mol. The molecule has 0 radical (unpaired) electrons. The largest absolute Gasteiger partial charge is 0.507 e. The molecule has 0 heterocycles. The van der Waals surface area contributed by atoms with E-state index in [1.165, 1.54) is 35.4 Å². The van der Waals surface area contributed by atoms with Gasteiger partial charge in [-0.1, -0.05) is 64.1 Å². The number of hydrogen-bond donors (Lipinski definition) is 3. The Morgan fingerprint density at radius 3 is 2.32 bits per heavy atom. The molecule has 0 aliphatic heterocycles. The van der Waals surface area contributed by atoms with Crippen molar-refractivity contribution in [3.05, 3.63) is 99.9 Å². The lowest BCUT2D eigenvalue weighted by Gasteiger charge is -2.44. The first-order chi connectivity index (χ1) is 17.8. The average Bonchev–Trinajstić information content (AvgIpc) is 2.86. The van der Waals surface area contributed by atoms with E-state index in [9.17, 15) is 19.4 Å². The maximum Gasteiger partial charge on any atom is 0.339 e. The van der Waals surface area contributed by atoms with E-state index in [1.807, 2.05) is 13.1 Å². The van der Waals surface area contributed by atoms with Gasteiger partial charge in [-0.05, 0) is 81.8 Å². The molecule has 3 N–H and O–H groups in total. The Morgan fingerprint density at radius 2 is 1.68 bits per heavy atom. The van der Waals surface area contributed by atoms with E-state index in [-0.39, 0.29) is 28.0 Å². The van der Waals surface area contributed by atoms with Gasteiger partial charge < -0.3 is 20.2 Å². The van der Waals surface area contributed by atoms with Gasteiger partial charge in [0.1, 0.15) is 17.1 Å². The monoisotopic (exact) mass is 517 g/mol. The molecule has 200 valence electrons. The molecule has 5 nitrogen and oxygen atoms in total. The van der Waals surface area contributed by atoms with Crippen LogP contribution >= 0.6 is 0 Å². The fraction of sp³-hybridized carbons (Fsp3) is 0.344. The SMILES string of the molecule is CN(Cc1ccc(F)cc1)c1cc(C(O)/C=C/c2ccc(C(=O)O)c(O)c2)cc2c1C(C)(C)CCC2(C)C. The Bertz CT molecular complexity index is 1370. The van der Waals surface area contributed by atoms with Gasteiger partial charge in [0.2, 0.25) is 0 Å². The number of fused-ring (bicyclic) bond motifs is 1. The molecule has 1 unspecified atom stereocenters. The summed E-state index contributed by atoms with van der Waals surface area (Å²) in [5, 5.41) is 30.4. The van der Waals surface area contributed by atoms with E-state index < -0.39 is 12.1 Å². The first-order valence-corrected chi connectivity index (χ1v) is 12.9. The highest BCUT2D eigenvalue weighted by molar-refractivity contribution is 5.91. The molecule has 0 bridgehead atoms. The van der Waals surface area contributed by atoms with Crippen molar-refractivity contribution in [1.82, 2.24) is 0 Å². The number of rotatable bonds is 7. The Kier molecular flexibility index (Phi) is 7.39. The first kappa shape index (κ1) is 27.4. The smallest absolute Gasteiger partial charge is 0.339 e. The van der Waals surface area contributed by atoms with Gasteiger partial charge in [-0.25, -0.2) is 9.18 Å². The van der Waals surface area contributed by atoms with Gasteiger partial charge in [-0.2, -0.15) is 0 Å². The third-order valence-corrected chi connectivity index (χ3v) is 7.73. The van der Waals surface area contributed by atoms with Crippen molar-refractivity contribution >= 4 is 17.7 Å². The predicted molar refractivity (Wildman–Crippen MR) is 149 cm³/mol. The molecule has 1 aliphatic rings. The fourth-order valence-electron chi connectivity index (χ4n) is 5.35. The second-order valence-corrected chi connectivity index (χ2v) is 11.6. The number of anilines is 1. The highest BCUT2D eigenvalue weighted by Gasteiger charge is 2.40. The van der Waals surface area contributed by atoms with E-state index in [0.717, 1.165) is 29.7 Å². The minimum atomic E-state index is -1.20. The van der Waals surface area contributed by atoms with E-state index in [2.05, 4.69) is 38.7 Å². The number of carboxylic acids is 1. The van der Waals surface area contributed by atoms with Crippen LogP contribution in [0.3, 0.4) is 0 Å². The molecule has 0 spiro atoms. The molecule has 4 rings (SSSR count). The van der Waals surface area contributed by atoms with Crippen LogP contribution < -0.4 is 4.90 Å². The molecule has 0 saturated heterocycles. The second-order valence-electron chi connectivity index (χ2n) is 11.6. The number of aromatic carboxylic acids is 1. The molecule has 6 heteroatoms. The lowest BCUT2D eigenvalue weighted by Crippen LogP contribution is -2.36.